The molecule has 2 fully saturated rings. The van der Waals surface area contributed by atoms with Crippen LogP contribution in [0.1, 0.15) is 42.6 Å². The van der Waals surface area contributed by atoms with Crippen molar-refractivity contribution in [1.82, 2.24) is 15.2 Å². The summed E-state index contributed by atoms with van der Waals surface area (Å²) in [4.78, 5) is 24.6. The molecular formula is C20H21F2N3O4. The summed E-state index contributed by atoms with van der Waals surface area (Å²) in [5.74, 6) is -3.29. The molecule has 0 radical (unpaired) electrons. The van der Waals surface area contributed by atoms with Crippen LogP contribution in [0.3, 0.4) is 0 Å². The number of benzene rings is 1. The minimum Gasteiger partial charge on any atom is -0.481 e. The molecule has 1 amide bonds. The third kappa shape index (κ3) is 3.87. The molecule has 1 aliphatic carbocycles. The summed E-state index contributed by atoms with van der Waals surface area (Å²) in [5.41, 5.74) is 0.0186. The van der Waals surface area contributed by atoms with Gasteiger partial charge in [-0.15, -0.1) is 0 Å². The number of halogens is 2. The van der Waals surface area contributed by atoms with Crippen LogP contribution >= 0.6 is 0 Å². The first-order valence-corrected chi connectivity index (χ1v) is 9.67. The van der Waals surface area contributed by atoms with E-state index in [2.05, 4.69) is 5.16 Å². The molecule has 0 bridgehead atoms. The number of aromatic nitrogens is 1. The highest BCUT2D eigenvalue weighted by Gasteiger charge is 2.38. The van der Waals surface area contributed by atoms with E-state index < -0.39 is 29.4 Å². The van der Waals surface area contributed by atoms with E-state index in [9.17, 15) is 23.5 Å². The van der Waals surface area contributed by atoms with Crippen LogP contribution in [0, 0.1) is 17.6 Å². The van der Waals surface area contributed by atoms with Gasteiger partial charge < -0.3 is 9.63 Å². The van der Waals surface area contributed by atoms with Crippen molar-refractivity contribution in [3.05, 3.63) is 41.6 Å². The molecule has 1 N–H and O–H groups in total. The van der Waals surface area contributed by atoms with Crippen molar-refractivity contribution in [2.45, 2.75) is 38.1 Å². The van der Waals surface area contributed by atoms with E-state index in [1.807, 2.05) is 0 Å². The smallest absolute Gasteiger partial charge is 0.307 e. The lowest BCUT2D eigenvalue weighted by atomic mass is 9.91. The average Bonchev–Trinajstić information content (AvgIpc) is 3.14. The molecular weight excluding hydrogens is 384 g/mol. The molecule has 154 valence electrons. The van der Waals surface area contributed by atoms with Gasteiger partial charge in [0.15, 0.2) is 11.5 Å². The third-order valence-corrected chi connectivity index (χ3v) is 5.61. The fraction of sp³-hybridized carbons (Fsp3) is 0.450. The van der Waals surface area contributed by atoms with Gasteiger partial charge in [0.2, 0.25) is 0 Å². The molecule has 1 saturated heterocycles. The normalized spacial score (nSPS) is 20.3. The Kier molecular flexibility index (Phi) is 5.31. The highest BCUT2D eigenvalue weighted by atomic mass is 19.1. The zero-order chi connectivity index (χ0) is 20.5. The lowest BCUT2D eigenvalue weighted by Gasteiger charge is -2.46. The van der Waals surface area contributed by atoms with E-state index in [-0.39, 0.29) is 29.6 Å². The summed E-state index contributed by atoms with van der Waals surface area (Å²) in [6.45, 7) is 0.845. The SMILES string of the molecule is O=C(O)[C@@H]1CCCN(N(C(=O)c2cc(-c3ccc(F)cc3F)on2)C2CCC2)C1. The Morgan fingerprint density at radius 2 is 1.97 bits per heavy atom. The molecule has 7 nitrogen and oxygen atoms in total. The summed E-state index contributed by atoms with van der Waals surface area (Å²) in [6, 6.07) is 4.38. The third-order valence-electron chi connectivity index (χ3n) is 5.61. The van der Waals surface area contributed by atoms with Crippen molar-refractivity contribution in [3.63, 3.8) is 0 Å². The van der Waals surface area contributed by atoms with Crippen molar-refractivity contribution in [3.8, 4) is 11.3 Å². The van der Waals surface area contributed by atoms with Gasteiger partial charge in [0.05, 0.1) is 11.5 Å². The van der Waals surface area contributed by atoms with Gasteiger partial charge in [0.25, 0.3) is 5.91 Å². The summed E-state index contributed by atoms with van der Waals surface area (Å²) in [7, 11) is 0. The summed E-state index contributed by atoms with van der Waals surface area (Å²) in [6.07, 6.45) is 3.92. The number of hydrogen-bond acceptors (Lipinski definition) is 5. The number of hydrazine groups is 1. The predicted molar refractivity (Wildman–Crippen MR) is 97.6 cm³/mol. The molecule has 2 aromatic rings. The Bertz CT molecular complexity index is 928. The molecule has 29 heavy (non-hydrogen) atoms. The Morgan fingerprint density at radius 1 is 1.17 bits per heavy atom. The molecule has 9 heteroatoms. The molecule has 0 unspecified atom stereocenters. The number of nitrogens with zero attached hydrogens (tertiary/aromatic N) is 3. The van der Waals surface area contributed by atoms with Crippen molar-refractivity contribution in [2.75, 3.05) is 13.1 Å². The fourth-order valence-electron chi connectivity index (χ4n) is 3.82. The number of aliphatic carboxylic acids is 1. The Hall–Kier alpha value is -2.81. The maximum absolute atomic E-state index is 14.0. The quantitative estimate of drug-likeness (QED) is 0.821. The molecule has 4 rings (SSSR count). The summed E-state index contributed by atoms with van der Waals surface area (Å²) in [5, 5.41) is 16.5. The van der Waals surface area contributed by atoms with Gasteiger partial charge in [-0.3, -0.25) is 14.6 Å². The number of piperidine rings is 1. The first-order chi connectivity index (χ1) is 13.9. The van der Waals surface area contributed by atoms with Crippen LogP contribution in [0.4, 0.5) is 8.78 Å². The number of rotatable bonds is 5. The molecule has 2 heterocycles. The van der Waals surface area contributed by atoms with Crippen LogP contribution in [0.15, 0.2) is 28.8 Å². The van der Waals surface area contributed by atoms with Crippen LogP contribution < -0.4 is 0 Å². The molecule has 0 spiro atoms. The van der Waals surface area contributed by atoms with E-state index in [1.165, 1.54) is 12.1 Å². The van der Waals surface area contributed by atoms with Crippen molar-refractivity contribution in [1.29, 1.82) is 0 Å². The topological polar surface area (TPSA) is 86.9 Å². The lowest BCUT2D eigenvalue weighted by molar-refractivity contribution is -0.148. The number of amides is 1. The number of hydrogen-bond donors (Lipinski definition) is 1. The number of carboxylic acid groups (broad SMARTS) is 1. The summed E-state index contributed by atoms with van der Waals surface area (Å²) < 4.78 is 32.3. The number of carboxylic acids is 1. The maximum atomic E-state index is 14.0. The van der Waals surface area contributed by atoms with E-state index in [0.717, 1.165) is 31.4 Å². The highest BCUT2D eigenvalue weighted by Crippen LogP contribution is 2.31. The van der Waals surface area contributed by atoms with E-state index in [1.54, 1.807) is 10.0 Å². The average molecular weight is 405 g/mol. The molecule has 1 aromatic heterocycles. The molecule has 1 saturated carbocycles. The second-order valence-corrected chi connectivity index (χ2v) is 7.53. The van der Waals surface area contributed by atoms with Gasteiger partial charge in [0.1, 0.15) is 11.6 Å². The van der Waals surface area contributed by atoms with E-state index in [4.69, 9.17) is 4.52 Å². The molecule has 1 atom stereocenters. The van der Waals surface area contributed by atoms with Gasteiger partial charge >= 0.3 is 5.97 Å². The van der Waals surface area contributed by atoms with E-state index in [0.29, 0.717) is 19.4 Å². The van der Waals surface area contributed by atoms with Gasteiger partial charge in [-0.05, 0) is 44.2 Å². The monoisotopic (exact) mass is 405 g/mol. The predicted octanol–water partition coefficient (Wildman–Crippen LogP) is 3.33. The van der Waals surface area contributed by atoms with Gasteiger partial charge in [-0.25, -0.2) is 13.8 Å². The van der Waals surface area contributed by atoms with Crippen molar-refractivity contribution >= 4 is 11.9 Å². The minimum absolute atomic E-state index is 0.00748. The van der Waals surface area contributed by atoms with Crippen LogP contribution in [-0.4, -0.2) is 51.3 Å². The number of carbonyl (C=O) groups is 2. The standard InChI is InChI=1S/C20H21F2N3O4/c21-13-6-7-15(16(22)9-13)18-10-17(23-29-18)19(26)25(14-4-1-5-14)24-8-2-3-12(11-24)20(27)28/h6-7,9-10,12,14H,1-5,8,11H2,(H,27,28)/t12-/m1/s1. The van der Waals surface area contributed by atoms with Crippen LogP contribution in [-0.2, 0) is 4.79 Å². The van der Waals surface area contributed by atoms with Crippen LogP contribution in [0.2, 0.25) is 0 Å². The summed E-state index contributed by atoms with van der Waals surface area (Å²) >= 11 is 0. The Balaban J connectivity index is 1.58. The Labute approximate surface area is 165 Å². The molecule has 1 aromatic carbocycles. The van der Waals surface area contributed by atoms with E-state index >= 15 is 0 Å². The zero-order valence-corrected chi connectivity index (χ0v) is 15.7. The second-order valence-electron chi connectivity index (χ2n) is 7.53. The van der Waals surface area contributed by atoms with Gasteiger partial charge in [0, 0.05) is 31.3 Å². The first-order valence-electron chi connectivity index (χ1n) is 9.67. The maximum Gasteiger partial charge on any atom is 0.307 e. The first kappa shape index (κ1) is 19.5. The lowest BCUT2D eigenvalue weighted by Crippen LogP contribution is -2.57. The zero-order valence-electron chi connectivity index (χ0n) is 15.7. The van der Waals surface area contributed by atoms with Gasteiger partial charge in [-0.1, -0.05) is 5.16 Å². The van der Waals surface area contributed by atoms with Crippen molar-refractivity contribution < 1.29 is 28.0 Å². The largest absolute Gasteiger partial charge is 0.481 e. The molecule has 1 aliphatic heterocycles. The second kappa shape index (κ2) is 7.90. The molecule has 2 aliphatic rings. The van der Waals surface area contributed by atoms with Gasteiger partial charge in [-0.2, -0.15) is 0 Å². The van der Waals surface area contributed by atoms with Crippen LogP contribution in [0.5, 0.6) is 0 Å². The van der Waals surface area contributed by atoms with Crippen molar-refractivity contribution in [2.24, 2.45) is 5.92 Å². The van der Waals surface area contributed by atoms with Crippen LogP contribution in [0.25, 0.3) is 11.3 Å². The Morgan fingerprint density at radius 3 is 2.62 bits per heavy atom. The minimum atomic E-state index is -0.869. The number of carbonyl (C=O) groups excluding carboxylic acids is 1. The highest BCUT2D eigenvalue weighted by molar-refractivity contribution is 5.93. The fourth-order valence-corrected chi connectivity index (χ4v) is 3.82.